The Morgan fingerprint density at radius 3 is 2.34 bits per heavy atom. The first kappa shape index (κ1) is 24.3. The van der Waals surface area contributed by atoms with Crippen molar-refractivity contribution in [3.63, 3.8) is 0 Å². The van der Waals surface area contributed by atoms with E-state index in [4.69, 9.17) is 9.47 Å². The molecule has 10 heteroatoms. The molecule has 1 aliphatic rings. The number of piperazine rings is 1. The Morgan fingerprint density at radius 2 is 1.71 bits per heavy atom. The summed E-state index contributed by atoms with van der Waals surface area (Å²) >= 11 is 0. The van der Waals surface area contributed by atoms with Gasteiger partial charge in [-0.1, -0.05) is 0 Å². The number of carbonyl (C=O) groups excluding carboxylic acids is 1. The van der Waals surface area contributed by atoms with Crippen molar-refractivity contribution in [3.8, 4) is 11.5 Å². The van der Waals surface area contributed by atoms with Crippen molar-refractivity contribution in [3.05, 3.63) is 77.7 Å². The van der Waals surface area contributed by atoms with Gasteiger partial charge in [-0.05, 0) is 55.0 Å². The Hall–Kier alpha value is -3.82. The molecule has 0 bridgehead atoms. The molecule has 0 atom stereocenters. The highest BCUT2D eigenvalue weighted by molar-refractivity contribution is 5.95. The van der Waals surface area contributed by atoms with E-state index in [1.165, 1.54) is 6.07 Å². The van der Waals surface area contributed by atoms with Gasteiger partial charge in [-0.15, -0.1) is 0 Å². The van der Waals surface area contributed by atoms with Crippen LogP contribution in [0.3, 0.4) is 0 Å². The number of benzene rings is 1. The van der Waals surface area contributed by atoms with E-state index >= 15 is 0 Å². The van der Waals surface area contributed by atoms with Crippen LogP contribution >= 0.6 is 0 Å². The number of pyridine rings is 2. The SMILES string of the molecule is CCOc1cc(C(=O)N2CCN(c3ccc(C(F)(F)F)cn3)CC2)ccc1OCc1ccncc1. The lowest BCUT2D eigenvalue weighted by molar-refractivity contribution is -0.137. The molecule has 1 aromatic carbocycles. The maximum atomic E-state index is 13.1. The van der Waals surface area contributed by atoms with Gasteiger partial charge in [0.05, 0.1) is 12.2 Å². The van der Waals surface area contributed by atoms with Crippen LogP contribution in [0.15, 0.2) is 61.1 Å². The monoisotopic (exact) mass is 486 g/mol. The number of nitrogens with zero attached hydrogens (tertiary/aromatic N) is 4. The standard InChI is InChI=1S/C25H25F3N4O3/c1-2-34-22-15-19(3-5-21(22)35-17-18-7-9-29-10-8-18)24(33)32-13-11-31(12-14-32)23-6-4-20(16-30-23)25(26,27)28/h3-10,15-16H,2,11-14,17H2,1H3. The third kappa shape index (κ3) is 6.00. The van der Waals surface area contributed by atoms with Gasteiger partial charge in [-0.2, -0.15) is 13.2 Å². The van der Waals surface area contributed by atoms with Crippen molar-refractivity contribution in [1.29, 1.82) is 0 Å². The van der Waals surface area contributed by atoms with Crippen LogP contribution in [0.1, 0.15) is 28.4 Å². The normalized spacial score (nSPS) is 14.1. The number of halogens is 3. The van der Waals surface area contributed by atoms with Gasteiger partial charge in [0.1, 0.15) is 12.4 Å². The number of rotatable bonds is 7. The minimum atomic E-state index is -4.42. The molecule has 0 saturated carbocycles. The van der Waals surface area contributed by atoms with Gasteiger partial charge in [0.2, 0.25) is 0 Å². The summed E-state index contributed by atoms with van der Waals surface area (Å²) in [5.74, 6) is 1.34. The van der Waals surface area contributed by atoms with Gasteiger partial charge in [-0.3, -0.25) is 9.78 Å². The Morgan fingerprint density at radius 1 is 0.971 bits per heavy atom. The fourth-order valence-corrected chi connectivity index (χ4v) is 3.73. The molecular formula is C25H25F3N4O3. The number of anilines is 1. The van der Waals surface area contributed by atoms with Gasteiger partial charge >= 0.3 is 6.18 Å². The number of carbonyl (C=O) groups is 1. The molecular weight excluding hydrogens is 461 g/mol. The van der Waals surface area contributed by atoms with Crippen molar-refractivity contribution in [2.75, 3.05) is 37.7 Å². The lowest BCUT2D eigenvalue weighted by Gasteiger charge is -2.35. The molecule has 1 saturated heterocycles. The fourth-order valence-electron chi connectivity index (χ4n) is 3.73. The number of ether oxygens (including phenoxy) is 2. The summed E-state index contributed by atoms with van der Waals surface area (Å²) in [7, 11) is 0. The Balaban J connectivity index is 1.38. The van der Waals surface area contributed by atoms with Crippen LogP contribution in [0.2, 0.25) is 0 Å². The molecule has 2 aromatic heterocycles. The van der Waals surface area contributed by atoms with Gasteiger partial charge in [0.25, 0.3) is 5.91 Å². The molecule has 0 aliphatic carbocycles. The number of hydrogen-bond acceptors (Lipinski definition) is 6. The van der Waals surface area contributed by atoms with Crippen molar-refractivity contribution in [2.24, 2.45) is 0 Å². The summed E-state index contributed by atoms with van der Waals surface area (Å²) in [6, 6.07) is 11.2. The molecule has 0 spiro atoms. The zero-order chi connectivity index (χ0) is 24.8. The molecule has 184 valence electrons. The summed E-state index contributed by atoms with van der Waals surface area (Å²) in [5, 5.41) is 0. The zero-order valence-electron chi connectivity index (χ0n) is 19.2. The third-order valence-corrected chi connectivity index (χ3v) is 5.60. The van der Waals surface area contributed by atoms with Crippen molar-refractivity contribution >= 4 is 11.7 Å². The average molecular weight is 486 g/mol. The predicted molar refractivity (Wildman–Crippen MR) is 124 cm³/mol. The second-order valence-corrected chi connectivity index (χ2v) is 7.92. The Kier molecular flexibility index (Phi) is 7.38. The van der Waals surface area contributed by atoms with E-state index in [0.717, 1.165) is 17.8 Å². The van der Waals surface area contributed by atoms with Crippen molar-refractivity contribution in [2.45, 2.75) is 19.7 Å². The summed E-state index contributed by atoms with van der Waals surface area (Å²) in [5.41, 5.74) is 0.655. The van der Waals surface area contributed by atoms with Crippen LogP contribution in [-0.4, -0.2) is 53.6 Å². The lowest BCUT2D eigenvalue weighted by atomic mass is 10.1. The molecule has 0 unspecified atom stereocenters. The molecule has 7 nitrogen and oxygen atoms in total. The first-order chi connectivity index (χ1) is 16.8. The summed E-state index contributed by atoms with van der Waals surface area (Å²) in [6.07, 6.45) is -0.203. The van der Waals surface area contributed by atoms with E-state index in [1.807, 2.05) is 24.0 Å². The highest BCUT2D eigenvalue weighted by atomic mass is 19.4. The maximum Gasteiger partial charge on any atom is 0.417 e. The fraction of sp³-hybridized carbons (Fsp3) is 0.320. The molecule has 1 fully saturated rings. The lowest BCUT2D eigenvalue weighted by Crippen LogP contribution is -2.49. The quantitative estimate of drug-likeness (QED) is 0.492. The smallest absolute Gasteiger partial charge is 0.417 e. The molecule has 0 radical (unpaired) electrons. The minimum absolute atomic E-state index is 0.147. The van der Waals surface area contributed by atoms with E-state index in [0.29, 0.717) is 62.3 Å². The largest absolute Gasteiger partial charge is 0.490 e. The first-order valence-corrected chi connectivity index (χ1v) is 11.2. The van der Waals surface area contributed by atoms with E-state index in [9.17, 15) is 18.0 Å². The van der Waals surface area contributed by atoms with Crippen LogP contribution in [-0.2, 0) is 12.8 Å². The molecule has 1 amide bonds. The maximum absolute atomic E-state index is 13.1. The van der Waals surface area contributed by atoms with Crippen LogP contribution in [0, 0.1) is 0 Å². The van der Waals surface area contributed by atoms with Gasteiger partial charge in [0, 0.05) is 50.3 Å². The van der Waals surface area contributed by atoms with E-state index in [-0.39, 0.29) is 5.91 Å². The third-order valence-electron chi connectivity index (χ3n) is 5.60. The topological polar surface area (TPSA) is 67.8 Å². The number of amides is 1. The Bertz CT molecular complexity index is 1130. The highest BCUT2D eigenvalue weighted by Gasteiger charge is 2.31. The van der Waals surface area contributed by atoms with E-state index in [1.54, 1.807) is 35.5 Å². The van der Waals surface area contributed by atoms with Gasteiger partial charge in [-0.25, -0.2) is 4.98 Å². The summed E-state index contributed by atoms with van der Waals surface area (Å²) in [4.78, 5) is 24.6. The predicted octanol–water partition coefficient (Wildman–Crippen LogP) is 4.44. The van der Waals surface area contributed by atoms with Crippen LogP contribution in [0.25, 0.3) is 0 Å². The summed E-state index contributed by atoms with van der Waals surface area (Å²) < 4.78 is 49.9. The number of alkyl halides is 3. The van der Waals surface area contributed by atoms with Crippen molar-refractivity contribution in [1.82, 2.24) is 14.9 Å². The van der Waals surface area contributed by atoms with Gasteiger partial charge < -0.3 is 19.3 Å². The van der Waals surface area contributed by atoms with Crippen LogP contribution in [0.5, 0.6) is 11.5 Å². The van der Waals surface area contributed by atoms with E-state index in [2.05, 4.69) is 9.97 Å². The number of aromatic nitrogens is 2. The molecule has 0 N–H and O–H groups in total. The zero-order valence-corrected chi connectivity index (χ0v) is 19.2. The molecule has 3 heterocycles. The second kappa shape index (κ2) is 10.6. The van der Waals surface area contributed by atoms with Crippen molar-refractivity contribution < 1.29 is 27.4 Å². The molecule has 3 aromatic rings. The van der Waals surface area contributed by atoms with Gasteiger partial charge in [0.15, 0.2) is 11.5 Å². The Labute approximate surface area is 201 Å². The molecule has 35 heavy (non-hydrogen) atoms. The van der Waals surface area contributed by atoms with E-state index < -0.39 is 11.7 Å². The number of hydrogen-bond donors (Lipinski definition) is 0. The molecule has 4 rings (SSSR count). The first-order valence-electron chi connectivity index (χ1n) is 11.2. The second-order valence-electron chi connectivity index (χ2n) is 7.92. The highest BCUT2D eigenvalue weighted by Crippen LogP contribution is 2.31. The summed E-state index contributed by atoms with van der Waals surface area (Å²) in [6.45, 7) is 4.40. The molecule has 1 aliphatic heterocycles. The minimum Gasteiger partial charge on any atom is -0.490 e. The van der Waals surface area contributed by atoms with Crippen LogP contribution < -0.4 is 14.4 Å². The van der Waals surface area contributed by atoms with Crippen LogP contribution in [0.4, 0.5) is 19.0 Å². The average Bonchev–Trinajstić information content (AvgIpc) is 2.88.